The molecule has 2 aromatic rings. The summed E-state index contributed by atoms with van der Waals surface area (Å²) in [7, 11) is 0. The van der Waals surface area contributed by atoms with Gasteiger partial charge in [-0.1, -0.05) is 5.16 Å². The van der Waals surface area contributed by atoms with E-state index in [9.17, 15) is 0 Å². The van der Waals surface area contributed by atoms with Crippen molar-refractivity contribution in [3.63, 3.8) is 0 Å². The Hall–Kier alpha value is -1.56. The molecule has 1 aromatic heterocycles. The third kappa shape index (κ3) is 3.01. The second kappa shape index (κ2) is 5.39. The van der Waals surface area contributed by atoms with Crippen molar-refractivity contribution < 1.29 is 4.52 Å². The van der Waals surface area contributed by atoms with Crippen LogP contribution < -0.4 is 11.1 Å². The molecule has 0 saturated heterocycles. The molecule has 0 aliphatic heterocycles. The van der Waals surface area contributed by atoms with E-state index in [1.54, 1.807) is 6.92 Å². The van der Waals surface area contributed by atoms with Crippen LogP contribution in [0.15, 0.2) is 21.1 Å². The molecule has 1 aromatic carbocycles. The van der Waals surface area contributed by atoms with Crippen LogP contribution in [0, 0.1) is 13.8 Å². The topological polar surface area (TPSA) is 77.0 Å². The minimum absolute atomic E-state index is 0.642. The first-order chi connectivity index (χ1) is 8.56. The maximum Gasteiger partial charge on any atom is 0.228 e. The molecular formula is C12H15BrN4O. The number of nitrogens with one attached hydrogen (secondary N) is 1. The number of nitrogen functional groups attached to an aromatic ring is 1. The molecule has 0 radical (unpaired) electrons. The molecule has 0 spiro atoms. The van der Waals surface area contributed by atoms with Gasteiger partial charge in [0.2, 0.25) is 5.89 Å². The van der Waals surface area contributed by atoms with E-state index in [4.69, 9.17) is 10.3 Å². The predicted molar refractivity (Wildman–Crippen MR) is 74.5 cm³/mol. The summed E-state index contributed by atoms with van der Waals surface area (Å²) in [6.45, 7) is 4.51. The highest BCUT2D eigenvalue weighted by Gasteiger charge is 2.05. The quantitative estimate of drug-likeness (QED) is 0.849. The van der Waals surface area contributed by atoms with Crippen molar-refractivity contribution in [2.45, 2.75) is 20.3 Å². The highest BCUT2D eigenvalue weighted by atomic mass is 79.9. The molecule has 0 atom stereocenters. The smallest absolute Gasteiger partial charge is 0.228 e. The van der Waals surface area contributed by atoms with Crippen LogP contribution in [-0.2, 0) is 6.42 Å². The van der Waals surface area contributed by atoms with Crippen LogP contribution in [0.1, 0.15) is 17.3 Å². The van der Waals surface area contributed by atoms with E-state index in [2.05, 4.69) is 31.4 Å². The third-order valence-corrected chi connectivity index (χ3v) is 3.24. The second-order valence-electron chi connectivity index (χ2n) is 4.10. The summed E-state index contributed by atoms with van der Waals surface area (Å²) in [5.41, 5.74) is 8.66. The van der Waals surface area contributed by atoms with Crippen LogP contribution in [-0.4, -0.2) is 16.7 Å². The van der Waals surface area contributed by atoms with Crippen molar-refractivity contribution in [1.29, 1.82) is 0 Å². The lowest BCUT2D eigenvalue weighted by atomic mass is 10.2. The van der Waals surface area contributed by atoms with E-state index >= 15 is 0 Å². The zero-order valence-corrected chi connectivity index (χ0v) is 11.9. The van der Waals surface area contributed by atoms with Crippen LogP contribution in [0.4, 0.5) is 11.4 Å². The van der Waals surface area contributed by atoms with Crippen molar-refractivity contribution >= 4 is 27.3 Å². The molecule has 96 valence electrons. The van der Waals surface area contributed by atoms with Crippen LogP contribution in [0.25, 0.3) is 0 Å². The van der Waals surface area contributed by atoms with E-state index in [0.717, 1.165) is 28.0 Å². The number of aromatic nitrogens is 2. The molecule has 0 fully saturated rings. The SMILES string of the molecule is Cc1noc(CCNc2cc(C)c(N)cc2Br)n1. The summed E-state index contributed by atoms with van der Waals surface area (Å²) in [5, 5.41) is 7.05. The first kappa shape index (κ1) is 12.9. The van der Waals surface area contributed by atoms with Crippen molar-refractivity contribution in [1.82, 2.24) is 10.1 Å². The molecule has 0 bridgehead atoms. The van der Waals surface area contributed by atoms with Gasteiger partial charge in [-0.05, 0) is 47.5 Å². The molecule has 6 heteroatoms. The number of anilines is 2. The Kier molecular flexibility index (Phi) is 3.86. The van der Waals surface area contributed by atoms with Crippen LogP contribution in [0.3, 0.4) is 0 Å². The van der Waals surface area contributed by atoms with E-state index < -0.39 is 0 Å². The number of halogens is 1. The average Bonchev–Trinajstić information content (AvgIpc) is 2.71. The van der Waals surface area contributed by atoms with Crippen LogP contribution in [0.2, 0.25) is 0 Å². The minimum Gasteiger partial charge on any atom is -0.398 e. The second-order valence-corrected chi connectivity index (χ2v) is 4.96. The lowest BCUT2D eigenvalue weighted by molar-refractivity contribution is 0.377. The third-order valence-electron chi connectivity index (χ3n) is 2.58. The van der Waals surface area contributed by atoms with Gasteiger partial charge in [0.05, 0.1) is 0 Å². The largest absolute Gasteiger partial charge is 0.398 e. The van der Waals surface area contributed by atoms with Gasteiger partial charge in [-0.15, -0.1) is 0 Å². The Morgan fingerprint density at radius 2 is 2.17 bits per heavy atom. The molecule has 18 heavy (non-hydrogen) atoms. The first-order valence-electron chi connectivity index (χ1n) is 5.65. The summed E-state index contributed by atoms with van der Waals surface area (Å²) in [5.74, 6) is 1.30. The van der Waals surface area contributed by atoms with Crippen molar-refractivity contribution in [3.05, 3.63) is 33.9 Å². The zero-order valence-electron chi connectivity index (χ0n) is 10.3. The lowest BCUT2D eigenvalue weighted by Crippen LogP contribution is -2.06. The lowest BCUT2D eigenvalue weighted by Gasteiger charge is -2.10. The number of hydrogen-bond acceptors (Lipinski definition) is 5. The van der Waals surface area contributed by atoms with Crippen molar-refractivity contribution in [2.24, 2.45) is 0 Å². The normalized spacial score (nSPS) is 10.6. The Labute approximate surface area is 114 Å². The van der Waals surface area contributed by atoms with Gasteiger partial charge < -0.3 is 15.6 Å². The molecule has 0 aliphatic carbocycles. The molecule has 2 rings (SSSR count). The summed E-state index contributed by atoms with van der Waals surface area (Å²) in [4.78, 5) is 4.15. The van der Waals surface area contributed by atoms with Gasteiger partial charge in [-0.2, -0.15) is 4.98 Å². The molecule has 3 N–H and O–H groups in total. The number of aryl methyl sites for hydroxylation is 2. The maximum atomic E-state index is 5.82. The van der Waals surface area contributed by atoms with E-state index in [1.165, 1.54) is 0 Å². The Morgan fingerprint density at radius 1 is 1.39 bits per heavy atom. The molecule has 5 nitrogen and oxygen atoms in total. The standard InChI is InChI=1S/C12H15BrN4O/c1-7-5-11(9(13)6-10(7)14)15-4-3-12-16-8(2)17-18-12/h5-6,15H,3-4,14H2,1-2H3. The summed E-state index contributed by atoms with van der Waals surface area (Å²) in [6, 6.07) is 3.91. The number of hydrogen-bond donors (Lipinski definition) is 2. The number of nitrogens with zero attached hydrogens (tertiary/aromatic N) is 2. The summed E-state index contributed by atoms with van der Waals surface area (Å²) >= 11 is 3.48. The predicted octanol–water partition coefficient (Wildman–Crippen LogP) is 2.69. The Balaban J connectivity index is 1.96. The highest BCUT2D eigenvalue weighted by molar-refractivity contribution is 9.10. The van der Waals surface area contributed by atoms with Gasteiger partial charge in [-0.25, -0.2) is 0 Å². The van der Waals surface area contributed by atoms with E-state index in [-0.39, 0.29) is 0 Å². The molecule has 0 aliphatic rings. The number of nitrogens with two attached hydrogens (primary N) is 1. The fourth-order valence-electron chi connectivity index (χ4n) is 1.58. The molecule has 0 amide bonds. The fourth-order valence-corrected chi connectivity index (χ4v) is 2.08. The van der Waals surface area contributed by atoms with Gasteiger partial charge in [-0.3, -0.25) is 0 Å². The summed E-state index contributed by atoms with van der Waals surface area (Å²) in [6.07, 6.45) is 0.691. The maximum absolute atomic E-state index is 5.82. The summed E-state index contributed by atoms with van der Waals surface area (Å²) < 4.78 is 5.99. The van der Waals surface area contributed by atoms with Gasteiger partial charge in [0.1, 0.15) is 0 Å². The van der Waals surface area contributed by atoms with E-state index in [1.807, 2.05) is 19.1 Å². The molecule has 0 unspecified atom stereocenters. The van der Waals surface area contributed by atoms with E-state index in [0.29, 0.717) is 18.1 Å². The molecule has 0 saturated carbocycles. The molecular weight excluding hydrogens is 296 g/mol. The molecule has 1 heterocycles. The van der Waals surface area contributed by atoms with Crippen molar-refractivity contribution in [2.75, 3.05) is 17.6 Å². The first-order valence-corrected chi connectivity index (χ1v) is 6.44. The monoisotopic (exact) mass is 310 g/mol. The van der Waals surface area contributed by atoms with Gasteiger partial charge in [0.15, 0.2) is 5.82 Å². The minimum atomic E-state index is 0.642. The highest BCUT2D eigenvalue weighted by Crippen LogP contribution is 2.27. The number of rotatable bonds is 4. The zero-order chi connectivity index (χ0) is 13.1. The van der Waals surface area contributed by atoms with Crippen molar-refractivity contribution in [3.8, 4) is 0 Å². The van der Waals surface area contributed by atoms with Crippen LogP contribution >= 0.6 is 15.9 Å². The Morgan fingerprint density at radius 3 is 2.83 bits per heavy atom. The fraction of sp³-hybridized carbons (Fsp3) is 0.333. The van der Waals surface area contributed by atoms with Gasteiger partial charge in [0.25, 0.3) is 0 Å². The van der Waals surface area contributed by atoms with Crippen LogP contribution in [0.5, 0.6) is 0 Å². The van der Waals surface area contributed by atoms with Gasteiger partial charge >= 0.3 is 0 Å². The van der Waals surface area contributed by atoms with Gasteiger partial charge in [0, 0.05) is 28.8 Å². The Bertz CT molecular complexity index is 553. The number of benzene rings is 1. The average molecular weight is 311 g/mol.